The van der Waals surface area contributed by atoms with Crippen molar-refractivity contribution in [3.05, 3.63) is 65.7 Å². The van der Waals surface area contributed by atoms with Crippen molar-refractivity contribution in [2.45, 2.75) is 25.8 Å². The molecular formula is C25H31N3O3. The number of nitrogens with zero attached hydrogens (tertiary/aromatic N) is 2. The number of hydrogen-bond donors (Lipinski definition) is 2. The molecule has 164 valence electrons. The lowest BCUT2D eigenvalue weighted by Gasteiger charge is -2.31. The number of carboxylic acids is 1. The van der Waals surface area contributed by atoms with E-state index in [1.807, 2.05) is 30.3 Å². The zero-order valence-electron chi connectivity index (χ0n) is 17.9. The maximum Gasteiger partial charge on any atom is 0.308 e. The smallest absolute Gasteiger partial charge is 0.308 e. The molecule has 6 heteroatoms. The van der Waals surface area contributed by atoms with Gasteiger partial charge in [-0.25, -0.2) is 0 Å². The van der Waals surface area contributed by atoms with Crippen molar-refractivity contribution in [1.82, 2.24) is 10.2 Å². The van der Waals surface area contributed by atoms with E-state index in [2.05, 4.69) is 39.4 Å². The summed E-state index contributed by atoms with van der Waals surface area (Å²) in [6.07, 6.45) is 3.13. The second-order valence-electron chi connectivity index (χ2n) is 8.59. The minimum absolute atomic E-state index is 0.137. The summed E-state index contributed by atoms with van der Waals surface area (Å²) in [5.41, 5.74) is 3.83. The van der Waals surface area contributed by atoms with Crippen LogP contribution in [-0.4, -0.2) is 54.6 Å². The number of carbonyl (C=O) groups excluding carboxylic acids is 1. The van der Waals surface area contributed by atoms with Crippen LogP contribution in [0.1, 0.15) is 24.0 Å². The molecule has 0 aromatic heterocycles. The average molecular weight is 422 g/mol. The van der Waals surface area contributed by atoms with Gasteiger partial charge in [0.1, 0.15) is 0 Å². The highest BCUT2D eigenvalue weighted by atomic mass is 16.4. The molecule has 0 saturated carbocycles. The van der Waals surface area contributed by atoms with Gasteiger partial charge in [-0.2, -0.15) is 0 Å². The Labute approximate surface area is 183 Å². The quantitative estimate of drug-likeness (QED) is 0.642. The molecule has 2 atom stereocenters. The molecule has 2 aliphatic rings. The Bertz CT molecular complexity index is 902. The third-order valence-electron chi connectivity index (χ3n) is 6.41. The Morgan fingerprint density at radius 2 is 1.74 bits per heavy atom. The third kappa shape index (κ3) is 5.25. The molecule has 4 rings (SSSR count). The molecule has 2 N–H and O–H groups in total. The maximum atomic E-state index is 12.8. The topological polar surface area (TPSA) is 72.9 Å². The average Bonchev–Trinajstić information content (AvgIpc) is 3.21. The van der Waals surface area contributed by atoms with Crippen LogP contribution in [0.15, 0.2) is 54.6 Å². The lowest BCUT2D eigenvalue weighted by molar-refractivity contribution is -0.145. The number of benzene rings is 2. The molecule has 1 saturated heterocycles. The van der Waals surface area contributed by atoms with Crippen molar-refractivity contribution in [3.8, 4) is 0 Å². The fourth-order valence-corrected chi connectivity index (χ4v) is 4.83. The molecule has 2 aromatic carbocycles. The lowest BCUT2D eigenvalue weighted by atomic mass is 9.95. The summed E-state index contributed by atoms with van der Waals surface area (Å²) in [4.78, 5) is 29.0. The Hall–Kier alpha value is -2.86. The van der Waals surface area contributed by atoms with Crippen LogP contribution in [0.5, 0.6) is 0 Å². The number of likely N-dealkylation sites (tertiary alicyclic amines) is 1. The van der Waals surface area contributed by atoms with Gasteiger partial charge in [-0.05, 0) is 36.5 Å². The van der Waals surface area contributed by atoms with Gasteiger partial charge in [0.15, 0.2) is 0 Å². The van der Waals surface area contributed by atoms with Gasteiger partial charge in [-0.3, -0.25) is 14.5 Å². The number of hydrogen-bond acceptors (Lipinski definition) is 4. The second-order valence-corrected chi connectivity index (χ2v) is 8.59. The highest BCUT2D eigenvalue weighted by molar-refractivity contribution is 5.85. The molecule has 0 aliphatic carbocycles. The fraction of sp³-hybridized carbons (Fsp3) is 0.440. The molecule has 1 amide bonds. The van der Waals surface area contributed by atoms with E-state index in [0.29, 0.717) is 26.2 Å². The van der Waals surface area contributed by atoms with Crippen LogP contribution in [0.3, 0.4) is 0 Å². The minimum Gasteiger partial charge on any atom is -0.481 e. The monoisotopic (exact) mass is 421 g/mol. The Balaban J connectivity index is 1.27. The first-order valence-electron chi connectivity index (χ1n) is 11.2. The van der Waals surface area contributed by atoms with Gasteiger partial charge in [0, 0.05) is 45.0 Å². The van der Waals surface area contributed by atoms with E-state index in [1.54, 1.807) is 0 Å². The Morgan fingerprint density at radius 1 is 1.00 bits per heavy atom. The highest BCUT2D eigenvalue weighted by Crippen LogP contribution is 2.27. The van der Waals surface area contributed by atoms with Gasteiger partial charge in [0.2, 0.25) is 5.91 Å². The lowest BCUT2D eigenvalue weighted by Crippen LogP contribution is -2.39. The van der Waals surface area contributed by atoms with Crippen molar-refractivity contribution < 1.29 is 14.7 Å². The zero-order valence-corrected chi connectivity index (χ0v) is 17.9. The number of aryl methyl sites for hydroxylation is 1. The Kier molecular flexibility index (Phi) is 6.87. The van der Waals surface area contributed by atoms with Gasteiger partial charge in [-0.15, -0.1) is 0 Å². The number of carboxylic acid groups (broad SMARTS) is 1. The maximum absolute atomic E-state index is 12.8. The summed E-state index contributed by atoms with van der Waals surface area (Å²) in [5.74, 6) is -2.18. The molecule has 0 radical (unpaired) electrons. The third-order valence-corrected chi connectivity index (χ3v) is 6.41. The molecule has 2 aromatic rings. The van der Waals surface area contributed by atoms with E-state index in [1.165, 1.54) is 11.3 Å². The summed E-state index contributed by atoms with van der Waals surface area (Å²) in [6.45, 7) is 4.07. The van der Waals surface area contributed by atoms with Crippen LogP contribution in [-0.2, 0) is 22.6 Å². The van der Waals surface area contributed by atoms with E-state index < -0.39 is 17.8 Å². The SMILES string of the molecule is O=C(NCCCN1CCCc2ccccc21)[C@H]1CN(Cc2ccccc2)C[C@H]1C(=O)O. The minimum atomic E-state index is -0.888. The second kappa shape index (κ2) is 9.96. The first kappa shape index (κ1) is 21.4. The molecule has 2 heterocycles. The van der Waals surface area contributed by atoms with Crippen LogP contribution in [0.4, 0.5) is 5.69 Å². The number of carbonyl (C=O) groups is 2. The van der Waals surface area contributed by atoms with Gasteiger partial charge in [-0.1, -0.05) is 48.5 Å². The van der Waals surface area contributed by atoms with Crippen LogP contribution >= 0.6 is 0 Å². The number of amides is 1. The molecular weight excluding hydrogens is 390 g/mol. The van der Waals surface area contributed by atoms with E-state index in [-0.39, 0.29) is 5.91 Å². The van der Waals surface area contributed by atoms with Crippen LogP contribution in [0, 0.1) is 11.8 Å². The number of anilines is 1. The highest BCUT2D eigenvalue weighted by Gasteiger charge is 2.41. The molecule has 0 bridgehead atoms. The molecule has 6 nitrogen and oxygen atoms in total. The van der Waals surface area contributed by atoms with Crippen LogP contribution < -0.4 is 10.2 Å². The predicted octanol–water partition coefficient (Wildman–Crippen LogP) is 2.78. The zero-order chi connectivity index (χ0) is 21.6. The van der Waals surface area contributed by atoms with E-state index >= 15 is 0 Å². The fourth-order valence-electron chi connectivity index (χ4n) is 4.83. The van der Waals surface area contributed by atoms with Crippen molar-refractivity contribution >= 4 is 17.6 Å². The summed E-state index contributed by atoms with van der Waals surface area (Å²) >= 11 is 0. The first-order chi connectivity index (χ1) is 15.1. The normalized spacial score (nSPS) is 21.0. The molecule has 1 fully saturated rings. The summed E-state index contributed by atoms with van der Waals surface area (Å²) < 4.78 is 0. The van der Waals surface area contributed by atoms with Crippen LogP contribution in [0.25, 0.3) is 0 Å². The largest absolute Gasteiger partial charge is 0.481 e. The van der Waals surface area contributed by atoms with E-state index in [4.69, 9.17) is 0 Å². The Morgan fingerprint density at radius 3 is 2.55 bits per heavy atom. The van der Waals surface area contributed by atoms with Crippen molar-refractivity contribution in [3.63, 3.8) is 0 Å². The number of para-hydroxylation sites is 1. The van der Waals surface area contributed by atoms with Crippen molar-refractivity contribution in [2.75, 3.05) is 37.6 Å². The number of fused-ring (bicyclic) bond motifs is 1. The van der Waals surface area contributed by atoms with Gasteiger partial charge < -0.3 is 15.3 Å². The van der Waals surface area contributed by atoms with E-state index in [0.717, 1.165) is 37.9 Å². The number of rotatable bonds is 8. The first-order valence-corrected chi connectivity index (χ1v) is 11.2. The molecule has 0 spiro atoms. The van der Waals surface area contributed by atoms with Crippen LogP contribution in [0.2, 0.25) is 0 Å². The van der Waals surface area contributed by atoms with Crippen molar-refractivity contribution in [2.24, 2.45) is 11.8 Å². The number of aliphatic carboxylic acids is 1. The van der Waals surface area contributed by atoms with Gasteiger partial charge >= 0.3 is 5.97 Å². The number of nitrogens with one attached hydrogen (secondary N) is 1. The van der Waals surface area contributed by atoms with Crippen molar-refractivity contribution in [1.29, 1.82) is 0 Å². The molecule has 31 heavy (non-hydrogen) atoms. The predicted molar refractivity (Wildman–Crippen MR) is 121 cm³/mol. The summed E-state index contributed by atoms with van der Waals surface area (Å²) in [6, 6.07) is 18.5. The van der Waals surface area contributed by atoms with Gasteiger partial charge in [0.25, 0.3) is 0 Å². The van der Waals surface area contributed by atoms with E-state index in [9.17, 15) is 14.7 Å². The standard InChI is InChI=1S/C25H31N3O3/c29-24(26-13-7-15-28-14-6-11-20-10-4-5-12-23(20)28)21-17-27(18-22(21)25(30)31)16-19-8-2-1-3-9-19/h1-5,8-10,12,21-22H,6-7,11,13-18H2,(H,26,29)(H,30,31)/t21-,22+/m0/s1. The molecule has 0 unspecified atom stereocenters. The van der Waals surface area contributed by atoms with Gasteiger partial charge in [0.05, 0.1) is 11.8 Å². The summed E-state index contributed by atoms with van der Waals surface area (Å²) in [5, 5.41) is 12.6. The molecule has 2 aliphatic heterocycles. The summed E-state index contributed by atoms with van der Waals surface area (Å²) in [7, 11) is 0.